The molecular weight excluding hydrogens is 451 g/mol. The Morgan fingerprint density at radius 1 is 1.03 bits per heavy atom. The second-order valence-corrected chi connectivity index (χ2v) is 7.29. The lowest BCUT2D eigenvalue weighted by Crippen LogP contribution is -2.20. The van der Waals surface area contributed by atoms with E-state index in [2.05, 4.69) is 25.5 Å². The number of nitrogens with zero attached hydrogens (tertiary/aromatic N) is 5. The van der Waals surface area contributed by atoms with E-state index in [0.717, 1.165) is 22.9 Å². The van der Waals surface area contributed by atoms with Gasteiger partial charge in [-0.25, -0.2) is 17.9 Å². The molecule has 2 N–H and O–H groups in total. The van der Waals surface area contributed by atoms with Crippen LogP contribution in [0.4, 0.5) is 19.0 Å². The van der Waals surface area contributed by atoms with Crippen molar-refractivity contribution in [2.24, 2.45) is 0 Å². The summed E-state index contributed by atoms with van der Waals surface area (Å²) in [6.45, 7) is 1.62. The van der Waals surface area contributed by atoms with Crippen molar-refractivity contribution in [3.63, 3.8) is 0 Å². The van der Waals surface area contributed by atoms with Crippen LogP contribution in [0.1, 0.15) is 16.1 Å². The summed E-state index contributed by atoms with van der Waals surface area (Å²) in [5.74, 6) is -3.62. The molecule has 170 valence electrons. The molecule has 0 fully saturated rings. The summed E-state index contributed by atoms with van der Waals surface area (Å²) in [6.07, 6.45) is 1.31. The number of hydrogen-bond acceptors (Lipinski definition) is 5. The molecule has 0 saturated heterocycles. The summed E-state index contributed by atoms with van der Waals surface area (Å²) >= 11 is 0. The van der Waals surface area contributed by atoms with Crippen LogP contribution in [0.2, 0.25) is 0 Å². The average Bonchev–Trinajstić information content (AvgIpc) is 3.38. The van der Waals surface area contributed by atoms with Gasteiger partial charge in [-0.3, -0.25) is 14.6 Å². The first-order chi connectivity index (χ1) is 16.3. The fourth-order valence-electron chi connectivity index (χ4n) is 3.42. The smallest absolute Gasteiger partial charge is 0.263 e. The molecule has 9 nitrogen and oxygen atoms in total. The van der Waals surface area contributed by atoms with E-state index in [-0.39, 0.29) is 22.8 Å². The van der Waals surface area contributed by atoms with Crippen LogP contribution in [0.3, 0.4) is 0 Å². The molecule has 0 radical (unpaired) electrons. The third kappa shape index (κ3) is 3.60. The number of H-pyrrole nitrogens is 1. The second-order valence-electron chi connectivity index (χ2n) is 7.29. The first-order valence-electron chi connectivity index (χ1n) is 9.88. The van der Waals surface area contributed by atoms with Gasteiger partial charge < -0.3 is 5.32 Å². The normalized spacial score (nSPS) is 11.2. The van der Waals surface area contributed by atoms with Gasteiger partial charge in [0.15, 0.2) is 5.65 Å². The van der Waals surface area contributed by atoms with E-state index in [1.165, 1.54) is 41.2 Å². The van der Waals surface area contributed by atoms with Gasteiger partial charge in [0.25, 0.3) is 11.5 Å². The lowest BCUT2D eigenvalue weighted by Gasteiger charge is -2.10. The topological polar surface area (TPSA) is 110 Å². The maximum atomic E-state index is 14.0. The third-order valence-corrected chi connectivity index (χ3v) is 4.96. The molecule has 5 rings (SSSR count). The van der Waals surface area contributed by atoms with Crippen molar-refractivity contribution < 1.29 is 18.0 Å². The Morgan fingerprint density at radius 3 is 2.44 bits per heavy atom. The zero-order valence-electron chi connectivity index (χ0n) is 17.4. The minimum absolute atomic E-state index is 0.0144. The molecule has 3 aromatic heterocycles. The number of hydrogen-bond donors (Lipinski definition) is 2. The summed E-state index contributed by atoms with van der Waals surface area (Å²) in [5.41, 5.74) is -0.270. The summed E-state index contributed by atoms with van der Waals surface area (Å²) in [5, 5.41) is 10.9. The fraction of sp³-hybridized carbons (Fsp3) is 0.0455. The molecule has 0 unspecified atom stereocenters. The van der Waals surface area contributed by atoms with Gasteiger partial charge in [-0.15, -0.1) is 0 Å². The predicted octanol–water partition coefficient (Wildman–Crippen LogP) is 3.27. The van der Waals surface area contributed by atoms with Gasteiger partial charge in [-0.05, 0) is 43.3 Å². The number of amides is 1. The van der Waals surface area contributed by atoms with E-state index < -0.39 is 34.5 Å². The number of aryl methyl sites for hydroxylation is 1. The SMILES string of the molecule is Cc1cc(NC(=O)c2c(F)cccc2F)n(-c2nc3c(cnn3-c3ccc(F)cc3)c(=O)[nH]2)n1. The van der Waals surface area contributed by atoms with Gasteiger partial charge in [0.1, 0.15) is 34.2 Å². The van der Waals surface area contributed by atoms with Crippen molar-refractivity contribution in [3.05, 3.63) is 93.8 Å². The predicted molar refractivity (Wildman–Crippen MR) is 116 cm³/mol. The number of carbonyl (C=O) groups is 1. The lowest BCUT2D eigenvalue weighted by molar-refractivity contribution is 0.101. The fourth-order valence-corrected chi connectivity index (χ4v) is 3.42. The van der Waals surface area contributed by atoms with Crippen LogP contribution in [0.5, 0.6) is 0 Å². The largest absolute Gasteiger partial charge is 0.306 e. The van der Waals surface area contributed by atoms with Crippen LogP contribution in [0.15, 0.2) is 59.5 Å². The van der Waals surface area contributed by atoms with Crippen molar-refractivity contribution >= 4 is 22.8 Å². The van der Waals surface area contributed by atoms with E-state index in [0.29, 0.717) is 11.4 Å². The maximum Gasteiger partial charge on any atom is 0.263 e. The van der Waals surface area contributed by atoms with E-state index in [1.807, 2.05) is 0 Å². The molecule has 0 spiro atoms. The molecule has 0 aliphatic heterocycles. The van der Waals surface area contributed by atoms with E-state index in [9.17, 15) is 22.8 Å². The number of anilines is 1. The van der Waals surface area contributed by atoms with Crippen LogP contribution in [-0.2, 0) is 0 Å². The summed E-state index contributed by atoms with van der Waals surface area (Å²) < 4.78 is 43.9. The molecular formula is C22H14F3N7O2. The number of nitrogens with one attached hydrogen (secondary N) is 2. The Labute approximate surface area is 188 Å². The summed E-state index contributed by atoms with van der Waals surface area (Å²) in [4.78, 5) is 32.2. The standard InChI is InChI=1S/C22H14F3N7O2/c1-11-9-17(27-21(34)18-15(24)3-2-4-16(18)25)32(30-11)22-28-19-14(20(33)29-22)10-26-31(19)13-7-5-12(23)6-8-13/h2-10H,1H3,(H,27,34)(H,28,29,33). The van der Waals surface area contributed by atoms with Crippen molar-refractivity contribution in [1.29, 1.82) is 0 Å². The number of halogens is 3. The number of carbonyl (C=O) groups excluding carboxylic acids is 1. The Balaban J connectivity index is 1.60. The van der Waals surface area contributed by atoms with Crippen molar-refractivity contribution in [1.82, 2.24) is 29.5 Å². The molecule has 0 aliphatic rings. The van der Waals surface area contributed by atoms with Crippen molar-refractivity contribution in [2.45, 2.75) is 6.92 Å². The first kappa shape index (κ1) is 21.1. The van der Waals surface area contributed by atoms with E-state index in [1.54, 1.807) is 6.92 Å². The molecule has 1 amide bonds. The van der Waals surface area contributed by atoms with Crippen LogP contribution in [-0.4, -0.2) is 35.4 Å². The Morgan fingerprint density at radius 2 is 1.74 bits per heavy atom. The zero-order chi connectivity index (χ0) is 24.0. The van der Waals surface area contributed by atoms with Gasteiger partial charge in [0.05, 0.1) is 17.6 Å². The minimum Gasteiger partial charge on any atom is -0.306 e. The van der Waals surface area contributed by atoms with Crippen LogP contribution < -0.4 is 10.9 Å². The molecule has 0 atom stereocenters. The number of rotatable bonds is 4. The van der Waals surface area contributed by atoms with Gasteiger partial charge in [-0.1, -0.05) is 6.07 Å². The van der Waals surface area contributed by atoms with Crippen molar-refractivity contribution in [2.75, 3.05) is 5.32 Å². The monoisotopic (exact) mass is 465 g/mol. The molecule has 2 aromatic carbocycles. The van der Waals surface area contributed by atoms with Gasteiger partial charge in [-0.2, -0.15) is 19.9 Å². The number of aromatic nitrogens is 6. The summed E-state index contributed by atoms with van der Waals surface area (Å²) in [6, 6.07) is 9.93. The van der Waals surface area contributed by atoms with E-state index >= 15 is 0 Å². The Kier molecular flexibility index (Phi) is 4.97. The molecule has 3 heterocycles. The van der Waals surface area contributed by atoms with Crippen LogP contribution in [0, 0.1) is 24.4 Å². The third-order valence-electron chi connectivity index (χ3n) is 4.96. The number of aromatic amines is 1. The first-order valence-corrected chi connectivity index (χ1v) is 9.88. The molecule has 12 heteroatoms. The van der Waals surface area contributed by atoms with Gasteiger partial charge in [0, 0.05) is 6.07 Å². The zero-order valence-corrected chi connectivity index (χ0v) is 17.4. The average molecular weight is 465 g/mol. The van der Waals surface area contributed by atoms with Crippen molar-refractivity contribution in [3.8, 4) is 11.6 Å². The number of benzene rings is 2. The van der Waals surface area contributed by atoms with Gasteiger partial charge in [0.2, 0.25) is 5.95 Å². The van der Waals surface area contributed by atoms with Crippen LogP contribution in [0.25, 0.3) is 22.7 Å². The molecule has 5 aromatic rings. The minimum atomic E-state index is -1.04. The molecule has 0 bridgehead atoms. The maximum absolute atomic E-state index is 14.0. The molecule has 0 saturated carbocycles. The molecule has 0 aliphatic carbocycles. The Hall–Kier alpha value is -4.74. The quantitative estimate of drug-likeness (QED) is 0.423. The van der Waals surface area contributed by atoms with Crippen LogP contribution >= 0.6 is 0 Å². The molecule has 34 heavy (non-hydrogen) atoms. The highest BCUT2D eigenvalue weighted by molar-refractivity contribution is 6.04. The highest BCUT2D eigenvalue weighted by Gasteiger charge is 2.21. The highest BCUT2D eigenvalue weighted by Crippen LogP contribution is 2.20. The Bertz CT molecular complexity index is 1600. The van der Waals surface area contributed by atoms with E-state index in [4.69, 9.17) is 0 Å². The highest BCUT2D eigenvalue weighted by atomic mass is 19.1. The summed E-state index contributed by atoms with van der Waals surface area (Å²) in [7, 11) is 0. The second kappa shape index (κ2) is 7.99. The van der Waals surface area contributed by atoms with Gasteiger partial charge >= 0.3 is 0 Å². The lowest BCUT2D eigenvalue weighted by atomic mass is 10.2. The number of fused-ring (bicyclic) bond motifs is 1.